The molecule has 0 radical (unpaired) electrons. The first-order valence-corrected chi connectivity index (χ1v) is 6.04. The third kappa shape index (κ3) is 7.39. The van der Waals surface area contributed by atoms with E-state index in [2.05, 4.69) is 63.3 Å². The van der Waals surface area contributed by atoms with Gasteiger partial charge in [-0.05, 0) is 0 Å². The average molecular weight is 315 g/mol. The van der Waals surface area contributed by atoms with Crippen molar-refractivity contribution in [2.75, 3.05) is 0 Å². The molecule has 0 fully saturated rings. The van der Waals surface area contributed by atoms with Crippen molar-refractivity contribution in [3.8, 4) is 0 Å². The molecule has 0 saturated carbocycles. The van der Waals surface area contributed by atoms with Gasteiger partial charge in [-0.25, -0.2) is 24.3 Å². The average Bonchev–Trinajstić information content (AvgIpc) is 2.60. The Labute approximate surface area is 119 Å². The summed E-state index contributed by atoms with van der Waals surface area (Å²) in [4.78, 5) is 0. The van der Waals surface area contributed by atoms with E-state index in [9.17, 15) is 0 Å². The summed E-state index contributed by atoms with van der Waals surface area (Å²) in [7, 11) is 0. The summed E-state index contributed by atoms with van der Waals surface area (Å²) in [5.41, 5.74) is 1.74. The van der Waals surface area contributed by atoms with Crippen molar-refractivity contribution in [1.82, 2.24) is 0 Å². The molecular weight excluding hydrogens is 293 g/mol. The SMILES string of the molecule is CC(C)(C)[c-]1cccc1.[C-]1=CC=CCCC1.[Ru+2]. The molecule has 1 aliphatic rings. The smallest absolute Gasteiger partial charge is 0.275 e. The predicted molar refractivity (Wildman–Crippen MR) is 71.5 cm³/mol. The maximum atomic E-state index is 3.14. The molecule has 0 amide bonds. The van der Waals surface area contributed by atoms with Crippen LogP contribution in [0.25, 0.3) is 0 Å². The van der Waals surface area contributed by atoms with E-state index in [0.29, 0.717) is 5.41 Å². The van der Waals surface area contributed by atoms with Crippen LogP contribution in [0.2, 0.25) is 0 Å². The van der Waals surface area contributed by atoms with Gasteiger partial charge in [0.2, 0.25) is 0 Å². The predicted octanol–water partition coefficient (Wildman–Crippen LogP) is 4.79. The second kappa shape index (κ2) is 8.53. The van der Waals surface area contributed by atoms with Crippen LogP contribution in [0.15, 0.2) is 42.5 Å². The van der Waals surface area contributed by atoms with E-state index in [1.54, 1.807) is 0 Å². The Morgan fingerprint density at radius 1 is 1.12 bits per heavy atom. The van der Waals surface area contributed by atoms with Crippen LogP contribution in [0, 0.1) is 6.08 Å². The molecule has 0 aromatic heterocycles. The maximum Gasteiger partial charge on any atom is 2.00 e. The molecule has 0 unspecified atom stereocenters. The minimum absolute atomic E-state index is 0. The van der Waals surface area contributed by atoms with E-state index in [1.165, 1.54) is 18.4 Å². The van der Waals surface area contributed by atoms with Crippen LogP contribution in [0.4, 0.5) is 0 Å². The zero-order valence-corrected chi connectivity index (χ0v) is 12.8. The van der Waals surface area contributed by atoms with Crippen LogP contribution >= 0.6 is 0 Å². The van der Waals surface area contributed by atoms with Crippen molar-refractivity contribution in [3.63, 3.8) is 0 Å². The second-order valence-electron chi connectivity index (χ2n) is 5.11. The second-order valence-corrected chi connectivity index (χ2v) is 5.11. The van der Waals surface area contributed by atoms with E-state index in [0.717, 1.165) is 6.42 Å². The Kier molecular flexibility index (Phi) is 8.26. The monoisotopic (exact) mass is 316 g/mol. The molecule has 0 heterocycles. The fraction of sp³-hybridized carbons (Fsp3) is 0.438. The van der Waals surface area contributed by atoms with Gasteiger partial charge < -0.3 is 0 Å². The van der Waals surface area contributed by atoms with E-state index in [4.69, 9.17) is 0 Å². The third-order valence-electron chi connectivity index (χ3n) is 2.57. The van der Waals surface area contributed by atoms with Crippen molar-refractivity contribution < 1.29 is 19.5 Å². The Morgan fingerprint density at radius 2 is 1.76 bits per heavy atom. The van der Waals surface area contributed by atoms with Gasteiger partial charge in [-0.3, -0.25) is 6.08 Å². The first-order chi connectivity index (χ1) is 7.61. The van der Waals surface area contributed by atoms with Gasteiger partial charge in [0.05, 0.1) is 0 Å². The molecule has 1 heteroatoms. The van der Waals surface area contributed by atoms with Gasteiger partial charge in [0.25, 0.3) is 0 Å². The van der Waals surface area contributed by atoms with Gasteiger partial charge in [0, 0.05) is 0 Å². The topological polar surface area (TPSA) is 0 Å². The minimum atomic E-state index is 0. The summed E-state index contributed by atoms with van der Waals surface area (Å²) >= 11 is 0. The first-order valence-electron chi connectivity index (χ1n) is 6.04. The van der Waals surface area contributed by atoms with Gasteiger partial charge in [0.1, 0.15) is 0 Å². The first kappa shape index (κ1) is 16.5. The normalized spacial score (nSPS) is 14.3. The Morgan fingerprint density at radius 3 is 2.29 bits per heavy atom. The van der Waals surface area contributed by atoms with Crippen molar-refractivity contribution in [3.05, 3.63) is 54.1 Å². The largest absolute Gasteiger partial charge is 2.00 e. The summed E-state index contributed by atoms with van der Waals surface area (Å²) in [6.07, 6.45) is 13.0. The maximum absolute atomic E-state index is 3.14. The van der Waals surface area contributed by atoms with Gasteiger partial charge in [-0.2, -0.15) is 23.8 Å². The molecule has 0 N–H and O–H groups in total. The fourth-order valence-electron chi connectivity index (χ4n) is 1.51. The van der Waals surface area contributed by atoms with Crippen LogP contribution in [0.1, 0.15) is 45.6 Å². The van der Waals surface area contributed by atoms with E-state index in [-0.39, 0.29) is 19.5 Å². The number of rotatable bonds is 0. The molecule has 1 aromatic carbocycles. The molecule has 94 valence electrons. The standard InChI is InChI=1S/C9H13.C7H9.Ru/c1-9(2,3)8-6-4-5-7-8;1-2-4-6-7-5-3-1;/h4-7H,1-3H3;1-3H,4,6-7H2;/q2*-1;+2. The van der Waals surface area contributed by atoms with Gasteiger partial charge in [-0.1, -0.05) is 39.0 Å². The Hall–Kier alpha value is -0.547. The van der Waals surface area contributed by atoms with Crippen molar-refractivity contribution >= 4 is 0 Å². The zero-order valence-electron chi connectivity index (χ0n) is 11.0. The summed E-state index contributed by atoms with van der Waals surface area (Å²) in [6, 6.07) is 8.50. The molecule has 1 aromatic rings. The van der Waals surface area contributed by atoms with Crippen molar-refractivity contribution in [1.29, 1.82) is 0 Å². The third-order valence-corrected chi connectivity index (χ3v) is 2.57. The Bertz CT molecular complexity index is 311. The number of hydrogen-bond acceptors (Lipinski definition) is 0. The molecule has 17 heavy (non-hydrogen) atoms. The summed E-state index contributed by atoms with van der Waals surface area (Å²) in [5.74, 6) is 0. The Balaban J connectivity index is 0.000000292. The molecule has 0 nitrogen and oxygen atoms in total. The molecule has 1 aliphatic carbocycles. The van der Waals surface area contributed by atoms with Crippen LogP contribution in [-0.2, 0) is 24.9 Å². The molecule has 0 saturated heterocycles. The van der Waals surface area contributed by atoms with Crippen LogP contribution in [0.5, 0.6) is 0 Å². The van der Waals surface area contributed by atoms with Crippen LogP contribution in [-0.4, -0.2) is 0 Å². The molecule has 2 rings (SSSR count). The van der Waals surface area contributed by atoms with E-state index in [1.807, 2.05) is 6.08 Å². The van der Waals surface area contributed by atoms with E-state index < -0.39 is 0 Å². The van der Waals surface area contributed by atoms with Crippen LogP contribution in [0.3, 0.4) is 0 Å². The summed E-state index contributed by atoms with van der Waals surface area (Å²) in [6.45, 7) is 6.67. The molecule has 0 aliphatic heterocycles. The minimum Gasteiger partial charge on any atom is -0.275 e. The summed E-state index contributed by atoms with van der Waals surface area (Å²) < 4.78 is 0. The van der Waals surface area contributed by atoms with E-state index >= 15 is 0 Å². The van der Waals surface area contributed by atoms with Crippen molar-refractivity contribution in [2.45, 2.75) is 45.4 Å². The molecule has 0 bridgehead atoms. The number of hydrogen-bond donors (Lipinski definition) is 0. The fourth-order valence-corrected chi connectivity index (χ4v) is 1.51. The van der Waals surface area contributed by atoms with Crippen molar-refractivity contribution in [2.24, 2.45) is 0 Å². The zero-order chi connectivity index (χ0) is 11.9. The van der Waals surface area contributed by atoms with Gasteiger partial charge in [-0.15, -0.1) is 6.42 Å². The molecular formula is C16H22Ru. The van der Waals surface area contributed by atoms with Gasteiger partial charge in [0.15, 0.2) is 0 Å². The van der Waals surface area contributed by atoms with Crippen LogP contribution < -0.4 is 0 Å². The number of allylic oxidation sites excluding steroid dienone is 4. The van der Waals surface area contributed by atoms with Gasteiger partial charge >= 0.3 is 19.5 Å². The quantitative estimate of drug-likeness (QED) is 0.477. The molecule has 0 spiro atoms. The molecule has 0 atom stereocenters. The summed E-state index contributed by atoms with van der Waals surface area (Å²) in [5, 5.41) is 0.